The van der Waals surface area contributed by atoms with Gasteiger partial charge >= 0.3 is 5.97 Å². The predicted molar refractivity (Wildman–Crippen MR) is 86.8 cm³/mol. The fourth-order valence-corrected chi connectivity index (χ4v) is 4.16. The summed E-state index contributed by atoms with van der Waals surface area (Å²) < 4.78 is 30.7. The fraction of sp³-hybridized carbons (Fsp3) is 0.286. The Morgan fingerprint density at radius 2 is 2.04 bits per heavy atom. The molecule has 1 amide bonds. The number of carboxylic acids is 1. The molecule has 0 atom stereocenters. The van der Waals surface area contributed by atoms with Crippen LogP contribution in [-0.4, -0.2) is 43.8 Å². The van der Waals surface area contributed by atoms with E-state index in [2.05, 4.69) is 5.32 Å². The maximum atomic E-state index is 12.3. The number of nitrogens with zero attached hydrogens (tertiary/aromatic N) is 1. The first-order valence-corrected chi connectivity index (χ1v) is 9.07. The van der Waals surface area contributed by atoms with Gasteiger partial charge in [0.1, 0.15) is 26.9 Å². The largest absolute Gasteiger partial charge is 0.478 e. The average molecular weight is 372 g/mol. The minimum Gasteiger partial charge on any atom is -0.478 e. The molecule has 2 rings (SSSR count). The maximum Gasteiger partial charge on any atom is 0.339 e. The molecule has 0 fully saturated rings. The van der Waals surface area contributed by atoms with Crippen LogP contribution in [0.1, 0.15) is 31.6 Å². The molecule has 130 valence electrons. The Hall–Kier alpha value is -2.17. The minimum atomic E-state index is -3.72. The molecule has 0 aromatic carbocycles. The molecule has 24 heavy (non-hydrogen) atoms. The van der Waals surface area contributed by atoms with Crippen molar-refractivity contribution in [2.45, 2.75) is 18.4 Å². The summed E-state index contributed by atoms with van der Waals surface area (Å²) >= 11 is 1.01. The van der Waals surface area contributed by atoms with E-state index in [0.29, 0.717) is 0 Å². The molecular weight excluding hydrogens is 356 g/mol. The normalized spacial score (nSPS) is 11.7. The van der Waals surface area contributed by atoms with Gasteiger partial charge in [0.25, 0.3) is 5.91 Å². The van der Waals surface area contributed by atoms with E-state index < -0.39 is 21.9 Å². The summed E-state index contributed by atoms with van der Waals surface area (Å²) in [5.74, 6) is -1.19. The molecule has 0 radical (unpaired) electrons. The maximum absolute atomic E-state index is 12.3. The lowest BCUT2D eigenvalue weighted by molar-refractivity contribution is 0.0694. The number of hydrogen-bond donors (Lipinski definition) is 2. The van der Waals surface area contributed by atoms with Crippen LogP contribution in [0.15, 0.2) is 26.8 Å². The van der Waals surface area contributed by atoms with Gasteiger partial charge < -0.3 is 14.8 Å². The number of aryl methyl sites for hydroxylation is 1. The number of nitrogens with one attached hydrogen (secondary N) is 1. The van der Waals surface area contributed by atoms with Crippen molar-refractivity contribution in [2.24, 2.45) is 0 Å². The lowest BCUT2D eigenvalue weighted by atomic mass is 10.2. The van der Waals surface area contributed by atoms with E-state index in [0.717, 1.165) is 15.6 Å². The van der Waals surface area contributed by atoms with E-state index in [9.17, 15) is 18.0 Å². The monoisotopic (exact) mass is 372 g/mol. The molecule has 2 N–H and O–H groups in total. The van der Waals surface area contributed by atoms with Crippen molar-refractivity contribution in [3.05, 3.63) is 39.5 Å². The fourth-order valence-electron chi connectivity index (χ4n) is 1.95. The summed E-state index contributed by atoms with van der Waals surface area (Å²) in [6, 6.07) is 2.69. The second kappa shape index (κ2) is 6.75. The SMILES string of the molecule is Cc1oc(CNC(=O)c2sccc2S(=O)(=O)N(C)C)cc1C(=O)O. The molecular formula is C14H16N2O6S2. The second-order valence-corrected chi connectivity index (χ2v) is 8.11. The van der Waals surface area contributed by atoms with E-state index in [1.165, 1.54) is 38.5 Å². The molecule has 0 aliphatic heterocycles. The highest BCUT2D eigenvalue weighted by atomic mass is 32.2. The van der Waals surface area contributed by atoms with Crippen LogP contribution in [0.2, 0.25) is 0 Å². The van der Waals surface area contributed by atoms with Gasteiger partial charge in [-0.2, -0.15) is 0 Å². The molecule has 0 aliphatic carbocycles. The molecule has 0 saturated carbocycles. The zero-order valence-corrected chi connectivity index (χ0v) is 14.8. The van der Waals surface area contributed by atoms with Crippen molar-refractivity contribution >= 4 is 33.2 Å². The Bertz CT molecular complexity index is 879. The van der Waals surface area contributed by atoms with Gasteiger partial charge in [0.15, 0.2) is 0 Å². The van der Waals surface area contributed by atoms with E-state index in [4.69, 9.17) is 9.52 Å². The first-order chi connectivity index (χ1) is 11.1. The molecule has 10 heteroatoms. The number of sulfonamides is 1. The van der Waals surface area contributed by atoms with Crippen LogP contribution in [0.4, 0.5) is 0 Å². The third kappa shape index (κ3) is 3.50. The van der Waals surface area contributed by atoms with Gasteiger partial charge in [0, 0.05) is 14.1 Å². The first kappa shape index (κ1) is 18.2. The number of amides is 1. The quantitative estimate of drug-likeness (QED) is 0.794. The van der Waals surface area contributed by atoms with Crippen molar-refractivity contribution in [3.63, 3.8) is 0 Å². The number of rotatable bonds is 6. The summed E-state index contributed by atoms with van der Waals surface area (Å²) in [5, 5.41) is 13.0. The van der Waals surface area contributed by atoms with Crippen LogP contribution >= 0.6 is 11.3 Å². The first-order valence-electron chi connectivity index (χ1n) is 6.75. The van der Waals surface area contributed by atoms with E-state index >= 15 is 0 Å². The highest BCUT2D eigenvalue weighted by Crippen LogP contribution is 2.24. The van der Waals surface area contributed by atoms with E-state index in [-0.39, 0.29) is 33.4 Å². The molecule has 2 heterocycles. The van der Waals surface area contributed by atoms with Crippen LogP contribution in [0, 0.1) is 6.92 Å². The van der Waals surface area contributed by atoms with Gasteiger partial charge in [-0.15, -0.1) is 11.3 Å². The lowest BCUT2D eigenvalue weighted by Crippen LogP contribution is -2.27. The van der Waals surface area contributed by atoms with Gasteiger partial charge in [0.2, 0.25) is 10.0 Å². The Kier molecular flexibility index (Phi) is 5.11. The highest BCUT2D eigenvalue weighted by Gasteiger charge is 2.26. The van der Waals surface area contributed by atoms with Crippen molar-refractivity contribution in [2.75, 3.05) is 14.1 Å². The Balaban J connectivity index is 2.16. The third-order valence-electron chi connectivity index (χ3n) is 3.22. The van der Waals surface area contributed by atoms with Crippen molar-refractivity contribution < 1.29 is 27.5 Å². The number of carboxylic acid groups (broad SMARTS) is 1. The van der Waals surface area contributed by atoms with Crippen LogP contribution < -0.4 is 5.32 Å². The van der Waals surface area contributed by atoms with Gasteiger partial charge in [-0.05, 0) is 24.4 Å². The standard InChI is InChI=1S/C14H16N2O6S2/c1-8-10(14(18)19)6-9(22-8)7-15-13(17)12-11(4-5-23-12)24(20,21)16(2)3/h4-6H,7H2,1-3H3,(H,15,17)(H,18,19). The number of aromatic carboxylic acids is 1. The van der Waals surface area contributed by atoms with E-state index in [1.807, 2.05) is 0 Å². The van der Waals surface area contributed by atoms with Crippen LogP contribution in [0.3, 0.4) is 0 Å². The molecule has 2 aromatic heterocycles. The summed E-state index contributed by atoms with van der Waals surface area (Å²) in [4.78, 5) is 23.2. The van der Waals surface area contributed by atoms with Crippen molar-refractivity contribution in [1.82, 2.24) is 9.62 Å². The zero-order valence-electron chi connectivity index (χ0n) is 13.2. The summed E-state index contributed by atoms with van der Waals surface area (Å²) in [6.07, 6.45) is 0. The second-order valence-electron chi connectivity index (χ2n) is 5.07. The predicted octanol–water partition coefficient (Wildman–Crippen LogP) is 1.53. The number of carbonyl (C=O) groups excluding carboxylic acids is 1. The van der Waals surface area contributed by atoms with Gasteiger partial charge in [-0.25, -0.2) is 17.5 Å². The molecule has 2 aromatic rings. The van der Waals surface area contributed by atoms with Gasteiger partial charge in [0.05, 0.1) is 6.54 Å². The van der Waals surface area contributed by atoms with Gasteiger partial charge in [-0.3, -0.25) is 4.79 Å². The van der Waals surface area contributed by atoms with E-state index in [1.54, 1.807) is 0 Å². The van der Waals surface area contributed by atoms with Crippen LogP contribution in [-0.2, 0) is 16.6 Å². The zero-order chi connectivity index (χ0) is 18.1. The lowest BCUT2D eigenvalue weighted by Gasteiger charge is -2.11. The highest BCUT2D eigenvalue weighted by molar-refractivity contribution is 7.89. The Morgan fingerprint density at radius 1 is 1.38 bits per heavy atom. The number of furan rings is 1. The average Bonchev–Trinajstić information content (AvgIpc) is 3.11. The minimum absolute atomic E-state index is 0.0197. The van der Waals surface area contributed by atoms with Crippen molar-refractivity contribution in [1.29, 1.82) is 0 Å². The molecule has 0 bridgehead atoms. The van der Waals surface area contributed by atoms with Crippen LogP contribution in [0.5, 0.6) is 0 Å². The van der Waals surface area contributed by atoms with Gasteiger partial charge in [-0.1, -0.05) is 0 Å². The Labute approximate surface area is 142 Å². The van der Waals surface area contributed by atoms with Crippen molar-refractivity contribution in [3.8, 4) is 0 Å². The molecule has 0 unspecified atom stereocenters. The molecule has 8 nitrogen and oxygen atoms in total. The summed E-state index contributed by atoms with van der Waals surface area (Å²) in [7, 11) is -0.959. The third-order valence-corrected chi connectivity index (χ3v) is 6.12. The smallest absolute Gasteiger partial charge is 0.339 e. The number of thiophene rings is 1. The Morgan fingerprint density at radius 3 is 2.58 bits per heavy atom. The molecule has 0 aliphatic rings. The molecule has 0 spiro atoms. The number of carbonyl (C=O) groups is 2. The number of hydrogen-bond acceptors (Lipinski definition) is 6. The summed E-state index contributed by atoms with van der Waals surface area (Å²) in [6.45, 7) is 1.46. The van der Waals surface area contributed by atoms with Crippen LogP contribution in [0.25, 0.3) is 0 Å². The molecule has 0 saturated heterocycles. The summed E-state index contributed by atoms with van der Waals surface area (Å²) in [5.41, 5.74) is 0.0197. The topological polar surface area (TPSA) is 117 Å².